The molecule has 218 valence electrons. The van der Waals surface area contributed by atoms with E-state index in [1.165, 1.54) is 50.7 Å². The minimum Gasteiger partial charge on any atom is -0.490 e. The number of carbonyl (C=O) groups is 2. The van der Waals surface area contributed by atoms with Crippen LogP contribution in [0.5, 0.6) is 5.75 Å². The average Bonchev–Trinajstić information content (AvgIpc) is 2.97. The number of carboxylic acid groups (broad SMARTS) is 1. The number of aliphatic carboxylic acids is 1. The first-order valence-corrected chi connectivity index (χ1v) is 14.6. The largest absolute Gasteiger partial charge is 0.490 e. The molecule has 2 atom stereocenters. The number of carbonyl (C=O) groups excluding carboxylic acids is 1. The highest BCUT2D eigenvalue weighted by Gasteiger charge is 2.48. The molecule has 2 aromatic carbocycles. The van der Waals surface area contributed by atoms with Gasteiger partial charge in [0.05, 0.1) is 12.0 Å². The van der Waals surface area contributed by atoms with E-state index in [0.717, 1.165) is 17.4 Å². The van der Waals surface area contributed by atoms with Crippen LogP contribution in [0.4, 0.5) is 10.1 Å². The van der Waals surface area contributed by atoms with Gasteiger partial charge in [-0.1, -0.05) is 89.0 Å². The zero-order chi connectivity index (χ0) is 27.6. The first kappa shape index (κ1) is 31.3. The first-order chi connectivity index (χ1) is 19.0. The van der Waals surface area contributed by atoms with E-state index < -0.39 is 11.9 Å². The molecule has 3 aliphatic rings. The van der Waals surface area contributed by atoms with Gasteiger partial charge in [0.1, 0.15) is 18.2 Å². The molecule has 1 heterocycles. The third-order valence-corrected chi connectivity index (χ3v) is 8.54. The van der Waals surface area contributed by atoms with Crippen molar-refractivity contribution in [1.82, 2.24) is 6.15 Å². The molecule has 5 rings (SSSR count). The van der Waals surface area contributed by atoms with Gasteiger partial charge >= 0.3 is 5.97 Å². The number of anilines is 1. The summed E-state index contributed by atoms with van der Waals surface area (Å²) in [4.78, 5) is 25.2. The molecule has 6 nitrogen and oxygen atoms in total. The van der Waals surface area contributed by atoms with Crippen LogP contribution in [-0.4, -0.2) is 23.6 Å². The SMILES string of the molecule is C1CCC(C2CCCCC2)CC1.C=CCOc1ccc(C2C(CCC(=O)O)C(=O)N2c2ccc(F)cc2)cc1.N. The fourth-order valence-electron chi connectivity index (χ4n) is 6.51. The lowest BCUT2D eigenvalue weighted by molar-refractivity contribution is -0.138. The van der Waals surface area contributed by atoms with Crippen molar-refractivity contribution in [3.63, 3.8) is 0 Å². The molecule has 40 heavy (non-hydrogen) atoms. The van der Waals surface area contributed by atoms with Crippen LogP contribution in [0.2, 0.25) is 0 Å². The molecule has 0 spiro atoms. The number of rotatable bonds is 9. The van der Waals surface area contributed by atoms with E-state index in [4.69, 9.17) is 9.84 Å². The van der Waals surface area contributed by atoms with Gasteiger partial charge in [-0.25, -0.2) is 4.39 Å². The number of ether oxygens (including phenoxy) is 1. The molecule has 2 unspecified atom stereocenters. The molecule has 0 aromatic heterocycles. The summed E-state index contributed by atoms with van der Waals surface area (Å²) in [7, 11) is 0. The summed E-state index contributed by atoms with van der Waals surface area (Å²) >= 11 is 0. The van der Waals surface area contributed by atoms with Crippen molar-refractivity contribution in [2.75, 3.05) is 11.5 Å². The van der Waals surface area contributed by atoms with Crippen LogP contribution in [0.15, 0.2) is 61.2 Å². The first-order valence-electron chi connectivity index (χ1n) is 14.6. The molecule has 2 aromatic rings. The van der Waals surface area contributed by atoms with Gasteiger partial charge in [-0.3, -0.25) is 9.59 Å². The van der Waals surface area contributed by atoms with Crippen molar-refractivity contribution < 1.29 is 23.8 Å². The van der Waals surface area contributed by atoms with Crippen molar-refractivity contribution in [1.29, 1.82) is 0 Å². The smallest absolute Gasteiger partial charge is 0.303 e. The predicted molar refractivity (Wildman–Crippen MR) is 157 cm³/mol. The Bertz CT molecular complexity index is 1060. The lowest BCUT2D eigenvalue weighted by atomic mass is 9.73. The summed E-state index contributed by atoms with van der Waals surface area (Å²) in [6.45, 7) is 4.00. The van der Waals surface area contributed by atoms with Crippen LogP contribution in [-0.2, 0) is 9.59 Å². The second kappa shape index (κ2) is 15.6. The molecular weight excluding hydrogens is 507 g/mol. The Morgan fingerprint density at radius 2 is 1.48 bits per heavy atom. The number of halogens is 1. The topological polar surface area (TPSA) is 102 Å². The lowest BCUT2D eigenvalue weighted by Gasteiger charge is -2.47. The van der Waals surface area contributed by atoms with E-state index in [1.807, 2.05) is 12.1 Å². The Morgan fingerprint density at radius 1 is 0.925 bits per heavy atom. The number of nitrogens with zero attached hydrogens (tertiary/aromatic N) is 1. The number of benzene rings is 2. The van der Waals surface area contributed by atoms with Gasteiger partial charge in [-0.15, -0.1) is 0 Å². The molecule has 1 aliphatic heterocycles. The standard InChI is InChI=1S/C21H20FNO4.C12H22.H3N/c1-2-13-27-17-9-3-14(4-10-17)20-18(11-12-19(24)25)21(26)23(20)16-7-5-15(22)6-8-16;1-3-7-11(8-4-1)12-9-5-2-6-10-12;/h2-10,18,20H,1,11-13H2,(H,24,25);11-12H,1-10H2;1H3. The number of hydrogen-bond acceptors (Lipinski definition) is 4. The molecule has 4 N–H and O–H groups in total. The van der Waals surface area contributed by atoms with Gasteiger partial charge in [0.25, 0.3) is 0 Å². The molecule has 3 fully saturated rings. The lowest BCUT2D eigenvalue weighted by Crippen LogP contribution is -2.55. The van der Waals surface area contributed by atoms with E-state index >= 15 is 0 Å². The van der Waals surface area contributed by atoms with Gasteiger partial charge in [-0.05, 0) is 60.2 Å². The van der Waals surface area contributed by atoms with E-state index in [9.17, 15) is 14.0 Å². The van der Waals surface area contributed by atoms with Gasteiger partial charge in [0.2, 0.25) is 5.91 Å². The van der Waals surface area contributed by atoms with E-state index in [2.05, 4.69) is 6.58 Å². The van der Waals surface area contributed by atoms with Gasteiger partial charge in [-0.2, -0.15) is 0 Å². The van der Waals surface area contributed by atoms with Crippen LogP contribution in [0.25, 0.3) is 0 Å². The monoisotopic (exact) mass is 552 g/mol. The molecule has 2 saturated carbocycles. The van der Waals surface area contributed by atoms with Crippen LogP contribution >= 0.6 is 0 Å². The van der Waals surface area contributed by atoms with E-state index in [-0.39, 0.29) is 36.8 Å². The molecule has 1 saturated heterocycles. The highest BCUT2D eigenvalue weighted by molar-refractivity contribution is 6.03. The van der Waals surface area contributed by atoms with E-state index in [0.29, 0.717) is 18.0 Å². The van der Waals surface area contributed by atoms with Crippen LogP contribution in [0.3, 0.4) is 0 Å². The normalized spacial score (nSPS) is 21.3. The van der Waals surface area contributed by atoms with Crippen molar-refractivity contribution in [3.8, 4) is 5.75 Å². The maximum absolute atomic E-state index is 13.2. The number of carboxylic acids is 1. The summed E-state index contributed by atoms with van der Waals surface area (Å²) in [6, 6.07) is 12.7. The summed E-state index contributed by atoms with van der Waals surface area (Å²) in [6.07, 6.45) is 17.2. The molecule has 7 heteroatoms. The number of β-lactam (4-membered cyclic amide) rings is 1. The fourth-order valence-corrected chi connectivity index (χ4v) is 6.51. The minimum atomic E-state index is -0.935. The number of amides is 1. The van der Waals surface area contributed by atoms with Gasteiger partial charge in [0.15, 0.2) is 0 Å². The molecule has 0 radical (unpaired) electrons. The quantitative estimate of drug-likeness (QED) is 0.241. The summed E-state index contributed by atoms with van der Waals surface area (Å²) in [5.41, 5.74) is 1.46. The summed E-state index contributed by atoms with van der Waals surface area (Å²) in [5.74, 6) is 1.06. The Morgan fingerprint density at radius 3 is 1.98 bits per heavy atom. The molecule has 1 amide bonds. The Kier molecular flexibility index (Phi) is 12.2. The van der Waals surface area contributed by atoms with Crippen LogP contribution in [0.1, 0.15) is 88.7 Å². The zero-order valence-corrected chi connectivity index (χ0v) is 23.6. The van der Waals surface area contributed by atoms with Crippen LogP contribution in [0, 0.1) is 23.6 Å². The second-order valence-corrected chi connectivity index (χ2v) is 11.1. The fraction of sp³-hybridized carbons (Fsp3) is 0.515. The Labute approximate surface area is 238 Å². The zero-order valence-electron chi connectivity index (χ0n) is 23.6. The third kappa shape index (κ3) is 8.17. The summed E-state index contributed by atoms with van der Waals surface area (Å²) < 4.78 is 18.7. The number of hydrogen-bond donors (Lipinski definition) is 2. The highest BCUT2D eigenvalue weighted by atomic mass is 19.1. The van der Waals surface area contributed by atoms with Gasteiger partial charge in [0, 0.05) is 12.1 Å². The summed E-state index contributed by atoms with van der Waals surface area (Å²) in [5, 5.41) is 8.97. The third-order valence-electron chi connectivity index (χ3n) is 8.54. The van der Waals surface area contributed by atoms with E-state index in [1.54, 1.807) is 60.9 Å². The van der Waals surface area contributed by atoms with Gasteiger partial charge < -0.3 is 20.9 Å². The highest BCUT2D eigenvalue weighted by Crippen LogP contribution is 2.46. The van der Waals surface area contributed by atoms with Crippen molar-refractivity contribution in [2.45, 2.75) is 83.1 Å². The molecule has 0 bridgehead atoms. The predicted octanol–water partition coefficient (Wildman–Crippen LogP) is 8.27. The Balaban J connectivity index is 0.000000283. The maximum atomic E-state index is 13.2. The molecular formula is C33H45FN2O4. The van der Waals surface area contributed by atoms with Crippen molar-refractivity contribution >= 4 is 17.6 Å². The van der Waals surface area contributed by atoms with Crippen molar-refractivity contribution in [3.05, 3.63) is 72.6 Å². The molecule has 2 aliphatic carbocycles. The maximum Gasteiger partial charge on any atom is 0.303 e. The Hall–Kier alpha value is -3.19. The average molecular weight is 553 g/mol. The minimum absolute atomic E-state index is 0. The van der Waals surface area contributed by atoms with Crippen LogP contribution < -0.4 is 15.8 Å². The van der Waals surface area contributed by atoms with Crippen molar-refractivity contribution in [2.24, 2.45) is 17.8 Å². The second-order valence-electron chi connectivity index (χ2n) is 11.1.